The summed E-state index contributed by atoms with van der Waals surface area (Å²) in [7, 11) is 0. The van der Waals surface area contributed by atoms with E-state index in [-0.39, 0.29) is 5.91 Å². The minimum absolute atomic E-state index is 0.0827. The van der Waals surface area contributed by atoms with Crippen LogP contribution in [0.5, 0.6) is 0 Å². The topological polar surface area (TPSA) is 59.8 Å². The fourth-order valence-corrected chi connectivity index (χ4v) is 3.97. The van der Waals surface area contributed by atoms with Crippen molar-refractivity contribution in [3.8, 4) is 11.4 Å². The van der Waals surface area contributed by atoms with Crippen molar-refractivity contribution in [1.29, 1.82) is 0 Å². The summed E-state index contributed by atoms with van der Waals surface area (Å²) in [5.41, 5.74) is 2.98. The Morgan fingerprint density at radius 3 is 2.62 bits per heavy atom. The Bertz CT molecular complexity index is 908. The van der Waals surface area contributed by atoms with Crippen LogP contribution >= 0.6 is 27.7 Å². The van der Waals surface area contributed by atoms with Crippen molar-refractivity contribution in [2.45, 2.75) is 31.3 Å². The molecule has 0 radical (unpaired) electrons. The van der Waals surface area contributed by atoms with Crippen LogP contribution < -0.4 is 5.32 Å². The highest BCUT2D eigenvalue weighted by Gasteiger charge is 2.13. The van der Waals surface area contributed by atoms with E-state index in [0.717, 1.165) is 39.0 Å². The van der Waals surface area contributed by atoms with Crippen LogP contribution in [0.1, 0.15) is 19.4 Å². The molecule has 0 spiro atoms. The van der Waals surface area contributed by atoms with Crippen molar-refractivity contribution >= 4 is 39.3 Å². The van der Waals surface area contributed by atoms with E-state index >= 15 is 0 Å². The third-order valence-electron chi connectivity index (χ3n) is 3.75. The van der Waals surface area contributed by atoms with Gasteiger partial charge in [-0.25, -0.2) is 0 Å². The monoisotopic (exact) mass is 430 g/mol. The number of thioether (sulfide) groups is 1. The lowest BCUT2D eigenvalue weighted by atomic mass is 10.2. The van der Waals surface area contributed by atoms with Gasteiger partial charge in [0.25, 0.3) is 0 Å². The normalized spacial score (nSPS) is 10.7. The molecule has 0 unspecified atom stereocenters. The van der Waals surface area contributed by atoms with Gasteiger partial charge in [0.15, 0.2) is 11.0 Å². The first kappa shape index (κ1) is 18.7. The summed E-state index contributed by atoms with van der Waals surface area (Å²) in [4.78, 5) is 11.1. The first-order valence-corrected chi connectivity index (χ1v) is 10.0. The molecule has 0 fully saturated rings. The molecule has 1 heterocycles. The van der Waals surface area contributed by atoms with Crippen molar-refractivity contribution in [1.82, 2.24) is 14.8 Å². The molecule has 134 valence electrons. The SMILES string of the molecule is CCn1c(SCc2cccc(Br)c2)nnc1-c1ccc(NC(C)=O)cc1. The highest BCUT2D eigenvalue weighted by molar-refractivity contribution is 9.10. The molecular weight excluding hydrogens is 412 g/mol. The molecule has 0 aliphatic rings. The van der Waals surface area contributed by atoms with Gasteiger partial charge in [0.1, 0.15) is 0 Å². The Morgan fingerprint density at radius 1 is 1.19 bits per heavy atom. The van der Waals surface area contributed by atoms with E-state index in [4.69, 9.17) is 0 Å². The number of halogens is 1. The summed E-state index contributed by atoms with van der Waals surface area (Å²) in [5.74, 6) is 1.58. The number of nitrogens with one attached hydrogen (secondary N) is 1. The first-order chi connectivity index (χ1) is 12.6. The van der Waals surface area contributed by atoms with E-state index in [0.29, 0.717) is 0 Å². The van der Waals surface area contributed by atoms with E-state index in [1.165, 1.54) is 12.5 Å². The van der Waals surface area contributed by atoms with Gasteiger partial charge in [-0.15, -0.1) is 10.2 Å². The predicted molar refractivity (Wildman–Crippen MR) is 109 cm³/mol. The molecule has 1 N–H and O–H groups in total. The maximum Gasteiger partial charge on any atom is 0.221 e. The largest absolute Gasteiger partial charge is 0.326 e. The van der Waals surface area contributed by atoms with Crippen molar-refractivity contribution < 1.29 is 4.79 Å². The molecule has 2 aromatic carbocycles. The average molecular weight is 431 g/mol. The lowest BCUT2D eigenvalue weighted by Gasteiger charge is -2.08. The van der Waals surface area contributed by atoms with E-state index in [2.05, 4.69) is 55.1 Å². The Morgan fingerprint density at radius 2 is 1.96 bits per heavy atom. The number of rotatable bonds is 6. The van der Waals surface area contributed by atoms with Gasteiger partial charge in [-0.05, 0) is 48.9 Å². The van der Waals surface area contributed by atoms with Gasteiger partial charge in [0.2, 0.25) is 5.91 Å². The zero-order chi connectivity index (χ0) is 18.5. The second-order valence-corrected chi connectivity index (χ2v) is 7.59. The molecule has 0 bridgehead atoms. The highest BCUT2D eigenvalue weighted by atomic mass is 79.9. The lowest BCUT2D eigenvalue weighted by molar-refractivity contribution is -0.114. The van der Waals surface area contributed by atoms with Crippen LogP contribution in [0.3, 0.4) is 0 Å². The standard InChI is InChI=1S/C19H19BrN4OS/c1-3-24-18(15-7-9-17(10-8-15)21-13(2)25)22-23-19(24)26-12-14-5-4-6-16(20)11-14/h4-11H,3,12H2,1-2H3,(H,21,25). The number of anilines is 1. The second kappa shape index (κ2) is 8.51. The van der Waals surface area contributed by atoms with Crippen molar-refractivity contribution in [3.05, 3.63) is 58.6 Å². The zero-order valence-electron chi connectivity index (χ0n) is 14.6. The third-order valence-corrected chi connectivity index (χ3v) is 5.28. The summed E-state index contributed by atoms with van der Waals surface area (Å²) in [6.45, 7) is 4.37. The lowest BCUT2D eigenvalue weighted by Crippen LogP contribution is -2.05. The number of aromatic nitrogens is 3. The number of nitrogens with zero attached hydrogens (tertiary/aromatic N) is 3. The summed E-state index contributed by atoms with van der Waals surface area (Å²) in [5, 5.41) is 12.4. The van der Waals surface area contributed by atoms with Gasteiger partial charge in [0.05, 0.1) is 0 Å². The van der Waals surface area contributed by atoms with Crippen LogP contribution in [0.15, 0.2) is 58.2 Å². The predicted octanol–water partition coefficient (Wildman–Crippen LogP) is 4.98. The second-order valence-electron chi connectivity index (χ2n) is 5.73. The van der Waals surface area contributed by atoms with E-state index in [9.17, 15) is 4.79 Å². The molecule has 26 heavy (non-hydrogen) atoms. The van der Waals surface area contributed by atoms with Gasteiger partial charge in [-0.1, -0.05) is 39.8 Å². The number of benzene rings is 2. The Balaban J connectivity index is 1.78. The number of carbonyl (C=O) groups is 1. The van der Waals surface area contributed by atoms with Crippen LogP contribution in [0, 0.1) is 0 Å². The van der Waals surface area contributed by atoms with Crippen LogP contribution in [-0.4, -0.2) is 20.7 Å². The minimum atomic E-state index is -0.0827. The van der Waals surface area contributed by atoms with Crippen LogP contribution in [-0.2, 0) is 17.1 Å². The average Bonchev–Trinajstić information content (AvgIpc) is 3.03. The number of hydrogen-bond donors (Lipinski definition) is 1. The van der Waals surface area contributed by atoms with E-state index in [1.807, 2.05) is 36.4 Å². The molecule has 0 saturated carbocycles. The molecule has 0 aliphatic heterocycles. The molecule has 1 amide bonds. The molecular formula is C19H19BrN4OS. The maximum atomic E-state index is 11.1. The molecule has 3 rings (SSSR count). The number of hydrogen-bond acceptors (Lipinski definition) is 4. The molecule has 0 saturated heterocycles. The molecule has 7 heteroatoms. The van der Waals surface area contributed by atoms with Gasteiger partial charge in [-0.2, -0.15) is 0 Å². The third kappa shape index (κ3) is 4.53. The van der Waals surface area contributed by atoms with Gasteiger partial charge in [0, 0.05) is 34.9 Å². The maximum absolute atomic E-state index is 11.1. The van der Waals surface area contributed by atoms with Gasteiger partial charge < -0.3 is 9.88 Å². The fraction of sp³-hybridized carbons (Fsp3) is 0.211. The minimum Gasteiger partial charge on any atom is -0.326 e. The Labute approximate surface area is 165 Å². The quantitative estimate of drug-likeness (QED) is 0.560. The van der Waals surface area contributed by atoms with Crippen LogP contribution in [0.25, 0.3) is 11.4 Å². The Hall–Kier alpha value is -2.12. The summed E-state index contributed by atoms with van der Waals surface area (Å²) in [6, 6.07) is 15.9. The molecule has 0 aliphatic carbocycles. The zero-order valence-corrected chi connectivity index (χ0v) is 17.0. The van der Waals surface area contributed by atoms with E-state index < -0.39 is 0 Å². The molecule has 5 nitrogen and oxygen atoms in total. The smallest absolute Gasteiger partial charge is 0.221 e. The Kier molecular flexibility index (Phi) is 6.11. The van der Waals surface area contributed by atoms with Crippen molar-refractivity contribution in [2.75, 3.05) is 5.32 Å². The molecule has 3 aromatic rings. The summed E-state index contributed by atoms with van der Waals surface area (Å²) >= 11 is 5.18. The summed E-state index contributed by atoms with van der Waals surface area (Å²) < 4.78 is 3.18. The van der Waals surface area contributed by atoms with Gasteiger partial charge in [-0.3, -0.25) is 4.79 Å². The number of amides is 1. The highest BCUT2D eigenvalue weighted by Crippen LogP contribution is 2.27. The molecule has 1 aromatic heterocycles. The van der Waals surface area contributed by atoms with E-state index in [1.54, 1.807) is 11.8 Å². The first-order valence-electron chi connectivity index (χ1n) is 8.25. The summed E-state index contributed by atoms with van der Waals surface area (Å²) in [6.07, 6.45) is 0. The van der Waals surface area contributed by atoms with Crippen molar-refractivity contribution in [2.24, 2.45) is 0 Å². The van der Waals surface area contributed by atoms with Gasteiger partial charge >= 0.3 is 0 Å². The number of carbonyl (C=O) groups excluding carboxylic acids is 1. The molecule has 0 atom stereocenters. The van der Waals surface area contributed by atoms with Crippen LogP contribution in [0.4, 0.5) is 5.69 Å². The van der Waals surface area contributed by atoms with Crippen LogP contribution in [0.2, 0.25) is 0 Å². The fourth-order valence-electron chi connectivity index (χ4n) is 2.57. The van der Waals surface area contributed by atoms with Crippen molar-refractivity contribution in [3.63, 3.8) is 0 Å².